The number of benzene rings is 1. The summed E-state index contributed by atoms with van der Waals surface area (Å²) in [4.78, 5) is 24.2. The Kier molecular flexibility index (Phi) is 5.59. The van der Waals surface area contributed by atoms with E-state index in [2.05, 4.69) is 4.74 Å². The molecular formula is C17H17F3N2O4. The Hall–Kier alpha value is -2.97. The van der Waals surface area contributed by atoms with Crippen molar-refractivity contribution >= 4 is 12.1 Å². The third-order valence-electron chi connectivity index (χ3n) is 3.75. The molecule has 0 saturated heterocycles. The number of carbonyl (C=O) groups is 2. The highest BCUT2D eigenvalue weighted by molar-refractivity contribution is 5.87. The molecule has 0 aliphatic rings. The van der Waals surface area contributed by atoms with Crippen LogP contribution in [0.1, 0.15) is 11.3 Å². The molecule has 2 aromatic rings. The van der Waals surface area contributed by atoms with E-state index >= 15 is 0 Å². The smallest absolute Gasteiger partial charge is 0.428 e. The number of aryl methyl sites for hydroxylation is 1. The molecule has 26 heavy (non-hydrogen) atoms. The number of carbonyl (C=O) groups excluding carboxylic acids is 2. The summed E-state index contributed by atoms with van der Waals surface area (Å²) in [6.07, 6.45) is -5.26. The first-order valence-corrected chi connectivity index (χ1v) is 7.48. The highest BCUT2D eigenvalue weighted by Crippen LogP contribution is 2.40. The van der Waals surface area contributed by atoms with Gasteiger partial charge in [-0.3, -0.25) is 5.32 Å². The number of hydrogen-bond donors (Lipinski definition) is 1. The number of esters is 1. The summed E-state index contributed by atoms with van der Waals surface area (Å²) < 4.78 is 51.9. The van der Waals surface area contributed by atoms with Gasteiger partial charge in [0.2, 0.25) is 0 Å². The number of hydrogen-bond acceptors (Lipinski definition) is 4. The number of aromatic nitrogens is 1. The largest absolute Gasteiger partial charge is 0.467 e. The van der Waals surface area contributed by atoms with E-state index in [4.69, 9.17) is 4.74 Å². The van der Waals surface area contributed by atoms with Crippen molar-refractivity contribution in [2.75, 3.05) is 7.11 Å². The number of halogens is 3. The van der Waals surface area contributed by atoms with Gasteiger partial charge in [0.15, 0.2) is 0 Å². The Labute approximate surface area is 147 Å². The van der Waals surface area contributed by atoms with E-state index < -0.39 is 29.5 Å². The fourth-order valence-electron chi connectivity index (χ4n) is 2.47. The van der Waals surface area contributed by atoms with Crippen LogP contribution in [0.4, 0.5) is 18.0 Å². The SMILES string of the molecule is COC(=O)[C@](NC(=O)OCc1ccccc1)(c1cccn1C)C(F)(F)F. The maximum absolute atomic E-state index is 13.9. The van der Waals surface area contributed by atoms with Crippen molar-refractivity contribution in [3.05, 3.63) is 59.9 Å². The summed E-state index contributed by atoms with van der Waals surface area (Å²) in [5.74, 6) is -1.68. The Morgan fingerprint density at radius 2 is 1.77 bits per heavy atom. The molecule has 1 amide bonds. The molecule has 0 radical (unpaired) electrons. The molecule has 9 heteroatoms. The van der Waals surface area contributed by atoms with Crippen LogP contribution in [0.5, 0.6) is 0 Å². The van der Waals surface area contributed by atoms with Gasteiger partial charge in [0, 0.05) is 13.2 Å². The first kappa shape index (κ1) is 19.4. The first-order valence-electron chi connectivity index (χ1n) is 7.48. The minimum absolute atomic E-state index is 0.255. The molecule has 1 N–H and O–H groups in total. The van der Waals surface area contributed by atoms with Gasteiger partial charge in [-0.05, 0) is 17.7 Å². The van der Waals surface area contributed by atoms with Crippen molar-refractivity contribution in [2.24, 2.45) is 7.05 Å². The van der Waals surface area contributed by atoms with E-state index in [1.54, 1.807) is 35.6 Å². The number of amides is 1. The normalized spacial score (nSPS) is 13.6. The lowest BCUT2D eigenvalue weighted by Crippen LogP contribution is -2.62. The van der Waals surface area contributed by atoms with Gasteiger partial charge in [-0.25, -0.2) is 9.59 Å². The second-order valence-electron chi connectivity index (χ2n) is 5.43. The van der Waals surface area contributed by atoms with E-state index in [0.29, 0.717) is 5.56 Å². The fraction of sp³-hybridized carbons (Fsp3) is 0.294. The number of rotatable bonds is 5. The van der Waals surface area contributed by atoms with E-state index in [9.17, 15) is 22.8 Å². The highest BCUT2D eigenvalue weighted by Gasteiger charge is 2.65. The average molecular weight is 370 g/mol. The monoisotopic (exact) mass is 370 g/mol. The minimum Gasteiger partial charge on any atom is -0.467 e. The topological polar surface area (TPSA) is 69.6 Å². The van der Waals surface area contributed by atoms with E-state index in [0.717, 1.165) is 17.7 Å². The second-order valence-corrected chi connectivity index (χ2v) is 5.43. The molecule has 0 saturated carbocycles. The zero-order valence-corrected chi connectivity index (χ0v) is 14.0. The summed E-state index contributed by atoms with van der Waals surface area (Å²) in [5.41, 5.74) is -3.32. The van der Waals surface area contributed by atoms with Crippen molar-refractivity contribution in [1.82, 2.24) is 9.88 Å². The molecule has 0 bridgehead atoms. The van der Waals surface area contributed by atoms with Gasteiger partial charge in [0.25, 0.3) is 5.54 Å². The minimum atomic E-state index is -5.17. The lowest BCUT2D eigenvalue weighted by atomic mass is 9.94. The molecule has 0 spiro atoms. The molecule has 6 nitrogen and oxygen atoms in total. The zero-order valence-electron chi connectivity index (χ0n) is 14.0. The number of ether oxygens (including phenoxy) is 2. The van der Waals surface area contributed by atoms with E-state index in [1.807, 2.05) is 0 Å². The number of methoxy groups -OCH3 is 1. The van der Waals surface area contributed by atoms with E-state index in [-0.39, 0.29) is 6.61 Å². The van der Waals surface area contributed by atoms with Gasteiger partial charge in [-0.2, -0.15) is 13.2 Å². The third kappa shape index (κ3) is 3.66. The standard InChI is InChI=1S/C17H17F3N2O4/c1-22-10-6-9-13(22)16(14(23)25-2,17(18,19)20)21-15(24)26-11-12-7-4-3-5-8-12/h3-10H,11H2,1-2H3,(H,21,24)/t16-/m1/s1. The third-order valence-corrected chi connectivity index (χ3v) is 3.75. The van der Waals surface area contributed by atoms with Crippen LogP contribution in [0.25, 0.3) is 0 Å². The van der Waals surface area contributed by atoms with Crippen LogP contribution in [0.3, 0.4) is 0 Å². The maximum Gasteiger partial charge on any atom is 0.428 e. The van der Waals surface area contributed by atoms with Gasteiger partial charge < -0.3 is 14.0 Å². The molecule has 0 fully saturated rings. The van der Waals surface area contributed by atoms with Crippen LogP contribution in [0.2, 0.25) is 0 Å². The Balaban J connectivity index is 2.33. The number of alkyl halides is 3. The molecule has 1 aromatic carbocycles. The zero-order chi connectivity index (χ0) is 19.4. The van der Waals surface area contributed by atoms with Crippen molar-refractivity contribution in [2.45, 2.75) is 18.3 Å². The predicted octanol–water partition coefficient (Wildman–Crippen LogP) is 2.88. The highest BCUT2D eigenvalue weighted by atomic mass is 19.4. The molecule has 1 heterocycles. The Morgan fingerprint density at radius 3 is 2.27 bits per heavy atom. The summed E-state index contributed by atoms with van der Waals surface area (Å²) in [5, 5.41) is 1.65. The van der Waals surface area contributed by atoms with Crippen LogP contribution >= 0.6 is 0 Å². The molecule has 2 rings (SSSR count). The maximum atomic E-state index is 13.9. The van der Waals surface area contributed by atoms with Gasteiger partial charge in [0.1, 0.15) is 6.61 Å². The van der Waals surface area contributed by atoms with Crippen molar-refractivity contribution in [1.29, 1.82) is 0 Å². The van der Waals surface area contributed by atoms with Crippen LogP contribution in [0, 0.1) is 0 Å². The van der Waals surface area contributed by atoms with E-state index in [1.165, 1.54) is 19.3 Å². The molecule has 0 aliphatic heterocycles. The second kappa shape index (κ2) is 7.51. The van der Waals surface area contributed by atoms with Crippen LogP contribution in [-0.4, -0.2) is 29.9 Å². The molecule has 1 aromatic heterocycles. The Bertz CT molecular complexity index is 774. The molecule has 0 aliphatic carbocycles. The van der Waals surface area contributed by atoms with Crippen molar-refractivity contribution in [3.63, 3.8) is 0 Å². The first-order chi connectivity index (χ1) is 12.2. The molecule has 140 valence electrons. The lowest BCUT2D eigenvalue weighted by molar-refractivity contribution is -0.215. The molecule has 1 atom stereocenters. The average Bonchev–Trinajstić information content (AvgIpc) is 3.03. The lowest BCUT2D eigenvalue weighted by Gasteiger charge is -2.33. The van der Waals surface area contributed by atoms with Crippen LogP contribution in [-0.2, 0) is 33.5 Å². The molecular weight excluding hydrogens is 353 g/mol. The summed E-state index contributed by atoms with van der Waals surface area (Å²) >= 11 is 0. The molecule has 0 unspecified atom stereocenters. The summed E-state index contributed by atoms with van der Waals surface area (Å²) in [7, 11) is 2.12. The number of alkyl carbamates (subject to hydrolysis) is 1. The van der Waals surface area contributed by atoms with Gasteiger partial charge in [-0.15, -0.1) is 0 Å². The quantitative estimate of drug-likeness (QED) is 0.822. The number of nitrogens with zero attached hydrogens (tertiary/aromatic N) is 1. The summed E-state index contributed by atoms with van der Waals surface area (Å²) in [6.45, 7) is -0.255. The summed E-state index contributed by atoms with van der Waals surface area (Å²) in [6, 6.07) is 10.8. The van der Waals surface area contributed by atoms with Crippen LogP contribution in [0.15, 0.2) is 48.7 Å². The number of nitrogens with one attached hydrogen (secondary N) is 1. The Morgan fingerprint density at radius 1 is 1.12 bits per heavy atom. The van der Waals surface area contributed by atoms with Gasteiger partial charge in [-0.1, -0.05) is 30.3 Å². The van der Waals surface area contributed by atoms with Crippen LogP contribution < -0.4 is 5.32 Å². The predicted molar refractivity (Wildman–Crippen MR) is 84.9 cm³/mol. The van der Waals surface area contributed by atoms with Crippen molar-refractivity contribution < 1.29 is 32.2 Å². The van der Waals surface area contributed by atoms with Crippen molar-refractivity contribution in [3.8, 4) is 0 Å². The fourth-order valence-corrected chi connectivity index (χ4v) is 2.47. The van der Waals surface area contributed by atoms with Gasteiger partial charge >= 0.3 is 18.2 Å². The van der Waals surface area contributed by atoms with Gasteiger partial charge in [0.05, 0.1) is 12.8 Å².